The van der Waals surface area contributed by atoms with Gasteiger partial charge in [-0.15, -0.1) is 0 Å². The van der Waals surface area contributed by atoms with Gasteiger partial charge in [0.15, 0.2) is 0 Å². The molecule has 0 aromatic heterocycles. The number of methoxy groups -OCH3 is 1. The van der Waals surface area contributed by atoms with Crippen molar-refractivity contribution in [1.82, 2.24) is 4.90 Å². The van der Waals surface area contributed by atoms with Crippen LogP contribution in [0.3, 0.4) is 0 Å². The van der Waals surface area contributed by atoms with Gasteiger partial charge in [-0.1, -0.05) is 13.8 Å². The van der Waals surface area contributed by atoms with Gasteiger partial charge < -0.3 is 14.7 Å². The van der Waals surface area contributed by atoms with Crippen molar-refractivity contribution < 1.29 is 24.4 Å². The van der Waals surface area contributed by atoms with E-state index in [4.69, 9.17) is 9.84 Å². The fourth-order valence-corrected chi connectivity index (χ4v) is 3.38. The van der Waals surface area contributed by atoms with Crippen LogP contribution in [0.2, 0.25) is 0 Å². The summed E-state index contributed by atoms with van der Waals surface area (Å²) >= 11 is 0. The molecular weight excluding hydrogens is 328 g/mol. The van der Waals surface area contributed by atoms with Crippen LogP contribution in [-0.4, -0.2) is 52.6 Å². The highest BCUT2D eigenvalue weighted by molar-refractivity contribution is 5.98. The highest BCUT2D eigenvalue weighted by atomic mass is 16.6. The minimum absolute atomic E-state index is 0.0177. The molecule has 1 aromatic carbocycles. The van der Waals surface area contributed by atoms with Crippen LogP contribution in [-0.2, 0) is 4.74 Å². The lowest BCUT2D eigenvalue weighted by atomic mass is 9.55. The summed E-state index contributed by atoms with van der Waals surface area (Å²) in [6.45, 7) is 5.95. The molecule has 1 aliphatic carbocycles. The molecule has 0 aliphatic heterocycles. The number of benzene rings is 1. The second kappa shape index (κ2) is 6.11. The number of hydrogen-bond acceptors (Lipinski definition) is 5. The number of carboxylic acid groups (broad SMARTS) is 1. The van der Waals surface area contributed by atoms with Crippen LogP contribution in [0.25, 0.3) is 0 Å². The Morgan fingerprint density at radius 1 is 1.28 bits per heavy atom. The van der Waals surface area contributed by atoms with E-state index >= 15 is 0 Å². The summed E-state index contributed by atoms with van der Waals surface area (Å²) in [6.07, 6.45) is 0.624. The van der Waals surface area contributed by atoms with Gasteiger partial charge >= 0.3 is 5.97 Å². The third-order valence-electron chi connectivity index (χ3n) is 5.64. The molecule has 0 heterocycles. The molecular formula is C17H22N2O6. The zero-order valence-electron chi connectivity index (χ0n) is 14.9. The Balaban J connectivity index is 2.35. The molecule has 1 saturated carbocycles. The van der Waals surface area contributed by atoms with Crippen molar-refractivity contribution in [2.75, 3.05) is 14.2 Å². The first kappa shape index (κ1) is 18.9. The normalized spacial score (nSPS) is 24.3. The Morgan fingerprint density at radius 3 is 2.28 bits per heavy atom. The Morgan fingerprint density at radius 2 is 1.84 bits per heavy atom. The Labute approximate surface area is 145 Å². The minimum Gasteiger partial charge on any atom is -0.478 e. The van der Waals surface area contributed by atoms with E-state index in [1.807, 2.05) is 20.8 Å². The summed E-state index contributed by atoms with van der Waals surface area (Å²) in [7, 11) is 3.24. The number of ether oxygens (including phenoxy) is 1. The first-order valence-corrected chi connectivity index (χ1v) is 7.79. The molecule has 2 atom stereocenters. The van der Waals surface area contributed by atoms with Crippen LogP contribution in [0.1, 0.15) is 47.9 Å². The van der Waals surface area contributed by atoms with Gasteiger partial charge in [0.05, 0.1) is 16.1 Å². The van der Waals surface area contributed by atoms with Crippen LogP contribution in [0, 0.1) is 15.5 Å². The Bertz CT molecular complexity index is 712. The number of carbonyl (C=O) groups excluding carboxylic acids is 1. The predicted octanol–water partition coefficient (Wildman–Crippen LogP) is 2.57. The fourth-order valence-electron chi connectivity index (χ4n) is 3.38. The van der Waals surface area contributed by atoms with E-state index in [0.29, 0.717) is 6.42 Å². The van der Waals surface area contributed by atoms with Crippen molar-refractivity contribution in [3.8, 4) is 0 Å². The molecule has 1 amide bonds. The molecule has 136 valence electrons. The molecule has 8 nitrogen and oxygen atoms in total. The number of nitro benzene ring substituents is 1. The van der Waals surface area contributed by atoms with Gasteiger partial charge in [0, 0.05) is 43.3 Å². The summed E-state index contributed by atoms with van der Waals surface area (Å²) in [6, 6.07) is 3.08. The molecule has 0 saturated heterocycles. The van der Waals surface area contributed by atoms with E-state index in [2.05, 4.69) is 0 Å². The van der Waals surface area contributed by atoms with Gasteiger partial charge in [-0.05, 0) is 19.4 Å². The van der Waals surface area contributed by atoms with Crippen molar-refractivity contribution in [2.45, 2.75) is 38.8 Å². The van der Waals surface area contributed by atoms with E-state index in [9.17, 15) is 19.7 Å². The maximum absolute atomic E-state index is 12.8. The molecule has 25 heavy (non-hydrogen) atoms. The zero-order chi connectivity index (χ0) is 19.2. The standard InChI is InChI=1S/C17H22N2O6/c1-16(2)13(9-17(16,3)25-5)18(4)14(20)10-6-11(15(21)22)8-12(7-10)19(23)24/h6-8,13H,9H2,1-5H3,(H,21,22). The Kier molecular flexibility index (Phi) is 4.61. The number of carbonyl (C=O) groups is 2. The van der Waals surface area contributed by atoms with E-state index in [1.54, 1.807) is 14.2 Å². The Hall–Kier alpha value is -2.48. The summed E-state index contributed by atoms with van der Waals surface area (Å²) in [5.41, 5.74) is -1.42. The third-order valence-corrected chi connectivity index (χ3v) is 5.64. The third kappa shape index (κ3) is 2.97. The SMILES string of the molecule is COC1(C)CC(N(C)C(=O)c2cc(C(=O)O)cc([N+](=O)[O-])c2)C1(C)C. The molecule has 0 bridgehead atoms. The van der Waals surface area contributed by atoms with Gasteiger partial charge in [-0.3, -0.25) is 14.9 Å². The van der Waals surface area contributed by atoms with Gasteiger partial charge in [0.2, 0.25) is 0 Å². The largest absolute Gasteiger partial charge is 0.478 e. The predicted molar refractivity (Wildman–Crippen MR) is 89.7 cm³/mol. The lowest BCUT2D eigenvalue weighted by Crippen LogP contribution is -2.68. The average molecular weight is 350 g/mol. The molecule has 2 unspecified atom stereocenters. The second-order valence-electron chi connectivity index (χ2n) is 7.12. The lowest BCUT2D eigenvalue weighted by Gasteiger charge is -2.61. The fraction of sp³-hybridized carbons (Fsp3) is 0.529. The maximum atomic E-state index is 12.8. The molecule has 8 heteroatoms. The smallest absolute Gasteiger partial charge is 0.335 e. The topological polar surface area (TPSA) is 110 Å². The number of carboxylic acids is 1. The number of aromatic carboxylic acids is 1. The number of rotatable bonds is 5. The number of nitrogens with zero attached hydrogens (tertiary/aromatic N) is 2. The molecule has 2 rings (SSSR count). The highest BCUT2D eigenvalue weighted by Gasteiger charge is 2.59. The number of amides is 1. The monoisotopic (exact) mass is 350 g/mol. The van der Waals surface area contributed by atoms with Gasteiger partial charge in [-0.25, -0.2) is 4.79 Å². The number of non-ortho nitro benzene ring substituents is 1. The van der Waals surface area contributed by atoms with Crippen molar-refractivity contribution in [1.29, 1.82) is 0 Å². The summed E-state index contributed by atoms with van der Waals surface area (Å²) in [4.78, 5) is 35.8. The van der Waals surface area contributed by atoms with Gasteiger partial charge in [0.1, 0.15) is 0 Å². The molecule has 1 fully saturated rings. The van der Waals surface area contributed by atoms with Crippen LogP contribution in [0.4, 0.5) is 5.69 Å². The lowest BCUT2D eigenvalue weighted by molar-refractivity contribution is -0.384. The quantitative estimate of drug-likeness (QED) is 0.645. The van der Waals surface area contributed by atoms with Gasteiger partial charge in [0.25, 0.3) is 11.6 Å². The van der Waals surface area contributed by atoms with Crippen LogP contribution >= 0.6 is 0 Å². The van der Waals surface area contributed by atoms with E-state index in [0.717, 1.165) is 18.2 Å². The van der Waals surface area contributed by atoms with Crippen LogP contribution < -0.4 is 0 Å². The van der Waals surface area contributed by atoms with Crippen LogP contribution in [0.5, 0.6) is 0 Å². The van der Waals surface area contributed by atoms with E-state index < -0.39 is 22.5 Å². The summed E-state index contributed by atoms with van der Waals surface area (Å²) in [5, 5.41) is 20.1. The summed E-state index contributed by atoms with van der Waals surface area (Å²) in [5.74, 6) is -1.78. The maximum Gasteiger partial charge on any atom is 0.335 e. The highest BCUT2D eigenvalue weighted by Crippen LogP contribution is 2.53. The molecule has 1 aromatic rings. The van der Waals surface area contributed by atoms with Crippen molar-refractivity contribution in [2.24, 2.45) is 5.41 Å². The van der Waals surface area contributed by atoms with Gasteiger partial charge in [-0.2, -0.15) is 0 Å². The number of nitro groups is 1. The van der Waals surface area contributed by atoms with E-state index in [1.165, 1.54) is 4.90 Å². The minimum atomic E-state index is -1.32. The molecule has 0 radical (unpaired) electrons. The molecule has 1 N–H and O–H groups in total. The molecule has 1 aliphatic rings. The number of hydrogen-bond donors (Lipinski definition) is 1. The van der Waals surface area contributed by atoms with Crippen molar-refractivity contribution in [3.63, 3.8) is 0 Å². The average Bonchev–Trinajstić information content (AvgIpc) is 2.57. The second-order valence-corrected chi connectivity index (χ2v) is 7.12. The zero-order valence-corrected chi connectivity index (χ0v) is 14.9. The van der Waals surface area contributed by atoms with E-state index in [-0.39, 0.29) is 28.2 Å². The first-order chi connectivity index (χ1) is 11.4. The van der Waals surface area contributed by atoms with Crippen molar-refractivity contribution >= 4 is 17.6 Å². The van der Waals surface area contributed by atoms with Crippen LogP contribution in [0.15, 0.2) is 18.2 Å². The van der Waals surface area contributed by atoms with Crippen molar-refractivity contribution in [3.05, 3.63) is 39.4 Å². The molecule has 0 spiro atoms. The first-order valence-electron chi connectivity index (χ1n) is 7.79. The summed E-state index contributed by atoms with van der Waals surface area (Å²) < 4.78 is 5.55.